The Labute approximate surface area is 132 Å². The van der Waals surface area contributed by atoms with Crippen LogP contribution in [0.2, 0.25) is 0 Å². The molecule has 2 rings (SSSR count). The fourth-order valence-corrected chi connectivity index (χ4v) is 2.60. The first-order valence-electron chi connectivity index (χ1n) is 8.10. The molecule has 22 heavy (non-hydrogen) atoms. The Hall–Kier alpha value is -2.10. The van der Waals surface area contributed by atoms with Gasteiger partial charge in [0.25, 0.3) is 0 Å². The molecule has 2 aromatic rings. The Morgan fingerprint density at radius 3 is 2.64 bits per heavy atom. The van der Waals surface area contributed by atoms with Gasteiger partial charge in [0.05, 0.1) is 0 Å². The van der Waals surface area contributed by atoms with Crippen molar-refractivity contribution in [3.05, 3.63) is 42.7 Å². The third-order valence-electron chi connectivity index (χ3n) is 3.98. The van der Waals surface area contributed by atoms with Crippen molar-refractivity contribution in [2.45, 2.75) is 39.7 Å². The van der Waals surface area contributed by atoms with Crippen molar-refractivity contribution in [3.63, 3.8) is 0 Å². The molecule has 0 saturated heterocycles. The number of nitrogens with one attached hydrogen (secondary N) is 1. The van der Waals surface area contributed by atoms with E-state index in [9.17, 15) is 4.79 Å². The molecule has 0 fully saturated rings. The van der Waals surface area contributed by atoms with Crippen LogP contribution in [0.4, 0.5) is 0 Å². The van der Waals surface area contributed by atoms with Gasteiger partial charge < -0.3 is 9.88 Å². The number of imidazole rings is 1. The maximum atomic E-state index is 11.9. The number of benzene rings is 1. The van der Waals surface area contributed by atoms with E-state index in [-0.39, 0.29) is 11.8 Å². The highest BCUT2D eigenvalue weighted by Crippen LogP contribution is 2.16. The van der Waals surface area contributed by atoms with Crippen LogP contribution in [0.1, 0.15) is 33.1 Å². The summed E-state index contributed by atoms with van der Waals surface area (Å²) in [5, 5.41) is 3.03. The summed E-state index contributed by atoms with van der Waals surface area (Å²) in [7, 11) is 0. The van der Waals surface area contributed by atoms with E-state index in [0.717, 1.165) is 37.2 Å². The lowest BCUT2D eigenvalue weighted by Crippen LogP contribution is -2.31. The molecule has 4 heteroatoms. The third kappa shape index (κ3) is 4.20. The van der Waals surface area contributed by atoms with E-state index in [1.54, 1.807) is 0 Å². The summed E-state index contributed by atoms with van der Waals surface area (Å²) >= 11 is 0. The van der Waals surface area contributed by atoms with Gasteiger partial charge in [0.1, 0.15) is 5.82 Å². The summed E-state index contributed by atoms with van der Waals surface area (Å²) in [4.78, 5) is 16.4. The van der Waals surface area contributed by atoms with Gasteiger partial charge in [0.15, 0.2) is 0 Å². The van der Waals surface area contributed by atoms with Gasteiger partial charge >= 0.3 is 0 Å². The van der Waals surface area contributed by atoms with Crippen LogP contribution >= 0.6 is 0 Å². The van der Waals surface area contributed by atoms with E-state index < -0.39 is 0 Å². The average Bonchev–Trinajstić information content (AvgIpc) is 3.02. The zero-order valence-corrected chi connectivity index (χ0v) is 13.5. The minimum absolute atomic E-state index is 0.146. The first-order chi connectivity index (χ1) is 10.8. The minimum atomic E-state index is 0.146. The fourth-order valence-electron chi connectivity index (χ4n) is 2.60. The van der Waals surface area contributed by atoms with Gasteiger partial charge in [-0.05, 0) is 19.3 Å². The van der Waals surface area contributed by atoms with E-state index in [4.69, 9.17) is 0 Å². The molecule has 0 aliphatic carbocycles. The molecule has 0 aliphatic heterocycles. The number of aryl methyl sites for hydroxylation is 1. The molecule has 0 radical (unpaired) electrons. The third-order valence-corrected chi connectivity index (χ3v) is 3.98. The highest BCUT2D eigenvalue weighted by atomic mass is 16.1. The molecular weight excluding hydrogens is 274 g/mol. The van der Waals surface area contributed by atoms with Crippen molar-refractivity contribution in [2.75, 3.05) is 6.54 Å². The molecule has 0 bridgehead atoms. The zero-order chi connectivity index (χ0) is 15.8. The van der Waals surface area contributed by atoms with Crippen molar-refractivity contribution >= 4 is 5.91 Å². The van der Waals surface area contributed by atoms with E-state index in [1.807, 2.05) is 30.6 Å². The van der Waals surface area contributed by atoms with Crippen molar-refractivity contribution in [3.8, 4) is 11.4 Å². The summed E-state index contributed by atoms with van der Waals surface area (Å²) in [6, 6.07) is 10.2. The number of rotatable bonds is 8. The van der Waals surface area contributed by atoms with Crippen LogP contribution in [-0.4, -0.2) is 22.0 Å². The molecule has 0 spiro atoms. The summed E-state index contributed by atoms with van der Waals surface area (Å²) in [6.07, 6.45) is 6.53. The number of carbonyl (C=O) groups is 1. The van der Waals surface area contributed by atoms with Crippen molar-refractivity contribution in [1.82, 2.24) is 14.9 Å². The molecule has 1 heterocycles. The topological polar surface area (TPSA) is 46.9 Å². The molecule has 0 saturated carbocycles. The van der Waals surface area contributed by atoms with Gasteiger partial charge in [-0.2, -0.15) is 0 Å². The summed E-state index contributed by atoms with van der Waals surface area (Å²) < 4.78 is 2.14. The largest absolute Gasteiger partial charge is 0.356 e. The Balaban J connectivity index is 1.84. The van der Waals surface area contributed by atoms with Gasteiger partial charge in [0, 0.05) is 37.0 Å². The van der Waals surface area contributed by atoms with Crippen LogP contribution in [0.15, 0.2) is 42.7 Å². The lowest BCUT2D eigenvalue weighted by molar-refractivity contribution is -0.125. The lowest BCUT2D eigenvalue weighted by Gasteiger charge is -2.13. The maximum Gasteiger partial charge on any atom is 0.223 e. The van der Waals surface area contributed by atoms with E-state index in [1.165, 1.54) is 0 Å². The van der Waals surface area contributed by atoms with Crippen molar-refractivity contribution in [1.29, 1.82) is 0 Å². The van der Waals surface area contributed by atoms with Crippen LogP contribution in [-0.2, 0) is 11.3 Å². The number of hydrogen-bond acceptors (Lipinski definition) is 2. The second kappa shape index (κ2) is 8.37. The molecule has 1 N–H and O–H groups in total. The highest BCUT2D eigenvalue weighted by molar-refractivity contribution is 5.78. The number of amides is 1. The Morgan fingerprint density at radius 1 is 1.23 bits per heavy atom. The summed E-state index contributed by atoms with van der Waals surface area (Å²) in [5.74, 6) is 1.30. The van der Waals surface area contributed by atoms with Crippen molar-refractivity contribution < 1.29 is 4.79 Å². The van der Waals surface area contributed by atoms with Crippen molar-refractivity contribution in [2.24, 2.45) is 5.92 Å². The van der Waals surface area contributed by atoms with Crippen LogP contribution in [0, 0.1) is 5.92 Å². The fraction of sp³-hybridized carbons (Fsp3) is 0.444. The van der Waals surface area contributed by atoms with Gasteiger partial charge in [-0.25, -0.2) is 4.98 Å². The summed E-state index contributed by atoms with van der Waals surface area (Å²) in [5.41, 5.74) is 1.12. The molecule has 1 aromatic heterocycles. The van der Waals surface area contributed by atoms with E-state index in [2.05, 4.69) is 40.8 Å². The quantitative estimate of drug-likeness (QED) is 0.758. The number of carbonyl (C=O) groups excluding carboxylic acids is 1. The van der Waals surface area contributed by atoms with Crippen LogP contribution in [0.25, 0.3) is 11.4 Å². The molecule has 1 amide bonds. The molecule has 4 nitrogen and oxygen atoms in total. The SMILES string of the molecule is CCC(CC)C(=O)NCCCn1ccnc1-c1ccccc1. The lowest BCUT2D eigenvalue weighted by atomic mass is 10.0. The van der Waals surface area contributed by atoms with Crippen LogP contribution in [0.5, 0.6) is 0 Å². The number of hydrogen-bond donors (Lipinski definition) is 1. The smallest absolute Gasteiger partial charge is 0.223 e. The van der Waals surface area contributed by atoms with Crippen LogP contribution < -0.4 is 5.32 Å². The Kier molecular flexibility index (Phi) is 6.19. The minimum Gasteiger partial charge on any atom is -0.356 e. The van der Waals surface area contributed by atoms with E-state index in [0.29, 0.717) is 6.54 Å². The molecule has 0 atom stereocenters. The first-order valence-corrected chi connectivity index (χ1v) is 8.10. The Bertz CT molecular complexity index is 573. The van der Waals surface area contributed by atoms with Gasteiger partial charge in [-0.3, -0.25) is 4.79 Å². The molecule has 0 unspecified atom stereocenters. The monoisotopic (exact) mass is 299 g/mol. The second-order valence-corrected chi connectivity index (χ2v) is 5.47. The molecular formula is C18H25N3O. The average molecular weight is 299 g/mol. The zero-order valence-electron chi connectivity index (χ0n) is 13.5. The first kappa shape index (κ1) is 16.3. The second-order valence-electron chi connectivity index (χ2n) is 5.47. The number of nitrogens with zero attached hydrogens (tertiary/aromatic N) is 2. The number of aromatic nitrogens is 2. The Morgan fingerprint density at radius 2 is 1.95 bits per heavy atom. The van der Waals surface area contributed by atoms with Gasteiger partial charge in [-0.1, -0.05) is 44.2 Å². The standard InChI is InChI=1S/C18H25N3O/c1-3-15(4-2)18(22)20-11-8-13-21-14-12-19-17(21)16-9-6-5-7-10-16/h5-7,9-10,12,14-15H,3-4,8,11,13H2,1-2H3,(H,20,22). The van der Waals surface area contributed by atoms with Gasteiger partial charge in [0.2, 0.25) is 5.91 Å². The molecule has 118 valence electrons. The highest BCUT2D eigenvalue weighted by Gasteiger charge is 2.13. The normalized spacial score (nSPS) is 10.9. The molecule has 1 aromatic carbocycles. The molecule has 0 aliphatic rings. The predicted octanol–water partition coefficient (Wildman–Crippen LogP) is 3.49. The summed E-state index contributed by atoms with van der Waals surface area (Å²) in [6.45, 7) is 5.69. The van der Waals surface area contributed by atoms with E-state index >= 15 is 0 Å². The maximum absolute atomic E-state index is 11.9. The van der Waals surface area contributed by atoms with Crippen LogP contribution in [0.3, 0.4) is 0 Å². The predicted molar refractivity (Wildman–Crippen MR) is 89.4 cm³/mol. The van der Waals surface area contributed by atoms with Gasteiger partial charge in [-0.15, -0.1) is 0 Å².